The molecule has 7 nitrogen and oxygen atoms in total. The molecule has 0 atom stereocenters. The summed E-state index contributed by atoms with van der Waals surface area (Å²) in [5, 5.41) is 14.0. The van der Waals surface area contributed by atoms with Crippen LogP contribution in [0.4, 0.5) is 0 Å². The molecule has 0 aliphatic heterocycles. The lowest BCUT2D eigenvalue weighted by Crippen LogP contribution is -2.22. The predicted octanol–water partition coefficient (Wildman–Crippen LogP) is 2.26. The Morgan fingerprint density at radius 1 is 1.16 bits per heavy atom. The van der Waals surface area contributed by atoms with Crippen LogP contribution in [0.5, 0.6) is 0 Å². The minimum absolute atomic E-state index is 0.101. The number of amides is 1. The van der Waals surface area contributed by atoms with E-state index in [4.69, 9.17) is 0 Å². The second kappa shape index (κ2) is 6.78. The molecule has 0 radical (unpaired) electrons. The number of rotatable bonds is 5. The normalized spacial score (nSPS) is 10.9. The molecule has 1 N–H and O–H groups in total. The molecule has 0 saturated carbocycles. The number of nitrogens with zero attached hydrogens (tertiary/aromatic N) is 5. The van der Waals surface area contributed by atoms with Crippen LogP contribution in [0.15, 0.2) is 54.3 Å². The van der Waals surface area contributed by atoms with E-state index in [1.807, 2.05) is 48.0 Å². The average Bonchev–Trinajstić information content (AvgIpc) is 3.32. The molecular formula is C17H14N6OS. The van der Waals surface area contributed by atoms with Gasteiger partial charge in [0.25, 0.3) is 5.91 Å². The highest BCUT2D eigenvalue weighted by Crippen LogP contribution is 2.22. The van der Waals surface area contributed by atoms with Crippen molar-refractivity contribution in [2.75, 3.05) is 0 Å². The van der Waals surface area contributed by atoms with Crippen molar-refractivity contribution in [2.24, 2.45) is 0 Å². The Labute approximate surface area is 147 Å². The quantitative estimate of drug-likeness (QED) is 0.597. The first-order chi connectivity index (χ1) is 12.3. The van der Waals surface area contributed by atoms with Crippen LogP contribution in [0.1, 0.15) is 21.5 Å². The summed E-state index contributed by atoms with van der Waals surface area (Å²) in [6, 6.07) is 13.4. The van der Waals surface area contributed by atoms with Gasteiger partial charge in [0.2, 0.25) is 0 Å². The van der Waals surface area contributed by atoms with Crippen molar-refractivity contribution in [1.82, 2.24) is 30.5 Å². The number of aromatic nitrogens is 5. The summed E-state index contributed by atoms with van der Waals surface area (Å²) in [4.78, 5) is 16.7. The molecule has 2 heterocycles. The number of tetrazole rings is 1. The van der Waals surface area contributed by atoms with Gasteiger partial charge in [0, 0.05) is 12.1 Å². The highest BCUT2D eigenvalue weighted by Gasteiger charge is 2.08. The molecule has 1 amide bonds. The van der Waals surface area contributed by atoms with Gasteiger partial charge < -0.3 is 5.32 Å². The summed E-state index contributed by atoms with van der Waals surface area (Å²) in [5.41, 5.74) is 5.50. The molecule has 0 saturated heterocycles. The second-order valence-corrected chi connectivity index (χ2v) is 6.36. The third-order valence-corrected chi connectivity index (χ3v) is 4.75. The summed E-state index contributed by atoms with van der Waals surface area (Å²) in [6.45, 7) is 1.05. The van der Waals surface area contributed by atoms with E-state index in [-0.39, 0.29) is 5.91 Å². The maximum Gasteiger partial charge on any atom is 0.251 e. The maximum atomic E-state index is 12.4. The van der Waals surface area contributed by atoms with E-state index >= 15 is 0 Å². The highest BCUT2D eigenvalue weighted by atomic mass is 32.1. The summed E-state index contributed by atoms with van der Waals surface area (Å²) in [7, 11) is 0. The molecule has 124 valence electrons. The third-order valence-electron chi connectivity index (χ3n) is 3.83. The van der Waals surface area contributed by atoms with Gasteiger partial charge in [0.05, 0.1) is 22.3 Å². The zero-order chi connectivity index (χ0) is 17.1. The van der Waals surface area contributed by atoms with Crippen molar-refractivity contribution in [3.8, 4) is 0 Å². The van der Waals surface area contributed by atoms with Crippen LogP contribution in [0.2, 0.25) is 0 Å². The van der Waals surface area contributed by atoms with Gasteiger partial charge in [-0.3, -0.25) is 4.79 Å². The average molecular weight is 350 g/mol. The Morgan fingerprint density at radius 2 is 2.04 bits per heavy atom. The zero-order valence-electron chi connectivity index (χ0n) is 13.2. The number of hydrogen-bond acceptors (Lipinski definition) is 6. The van der Waals surface area contributed by atoms with Gasteiger partial charge >= 0.3 is 0 Å². The van der Waals surface area contributed by atoms with Crippen molar-refractivity contribution < 1.29 is 4.79 Å². The van der Waals surface area contributed by atoms with Gasteiger partial charge in [-0.1, -0.05) is 24.3 Å². The van der Waals surface area contributed by atoms with E-state index in [9.17, 15) is 4.79 Å². The van der Waals surface area contributed by atoms with Crippen LogP contribution < -0.4 is 5.32 Å². The van der Waals surface area contributed by atoms with E-state index in [0.29, 0.717) is 18.7 Å². The molecule has 0 fully saturated rings. The molecule has 0 bridgehead atoms. The van der Waals surface area contributed by atoms with Crippen LogP contribution in [-0.2, 0) is 13.1 Å². The fraction of sp³-hybridized carbons (Fsp3) is 0.118. The first-order valence-electron chi connectivity index (χ1n) is 7.68. The van der Waals surface area contributed by atoms with Crippen molar-refractivity contribution in [1.29, 1.82) is 0 Å². The number of hydrogen-bond donors (Lipinski definition) is 1. The van der Waals surface area contributed by atoms with Gasteiger partial charge in [-0.2, -0.15) is 0 Å². The van der Waals surface area contributed by atoms with Crippen molar-refractivity contribution in [3.05, 3.63) is 71.0 Å². The largest absolute Gasteiger partial charge is 0.348 e. The Balaban J connectivity index is 1.41. The minimum atomic E-state index is -0.101. The summed E-state index contributed by atoms with van der Waals surface area (Å²) < 4.78 is 2.74. The van der Waals surface area contributed by atoms with Gasteiger partial charge in [0.15, 0.2) is 0 Å². The molecule has 0 unspecified atom stereocenters. The van der Waals surface area contributed by atoms with E-state index in [0.717, 1.165) is 21.3 Å². The molecule has 4 aromatic rings. The molecule has 0 aliphatic rings. The highest BCUT2D eigenvalue weighted by molar-refractivity contribution is 7.16. The summed E-state index contributed by atoms with van der Waals surface area (Å²) >= 11 is 1.58. The molecule has 2 aromatic heterocycles. The monoisotopic (exact) mass is 350 g/mol. The van der Waals surface area contributed by atoms with E-state index in [1.54, 1.807) is 22.3 Å². The molecule has 2 aromatic carbocycles. The smallest absolute Gasteiger partial charge is 0.251 e. The maximum absolute atomic E-state index is 12.4. The van der Waals surface area contributed by atoms with Gasteiger partial charge in [-0.25, -0.2) is 9.67 Å². The molecular weight excluding hydrogens is 336 g/mol. The number of thiazole rings is 1. The van der Waals surface area contributed by atoms with Crippen LogP contribution >= 0.6 is 11.3 Å². The topological polar surface area (TPSA) is 85.6 Å². The lowest BCUT2D eigenvalue weighted by Gasteiger charge is -2.07. The number of fused-ring (bicyclic) bond motifs is 1. The predicted molar refractivity (Wildman–Crippen MR) is 94.2 cm³/mol. The lowest BCUT2D eigenvalue weighted by atomic mass is 10.1. The van der Waals surface area contributed by atoms with Crippen molar-refractivity contribution in [3.63, 3.8) is 0 Å². The zero-order valence-corrected chi connectivity index (χ0v) is 14.0. The van der Waals surface area contributed by atoms with Crippen LogP contribution in [0, 0.1) is 0 Å². The Kier molecular flexibility index (Phi) is 4.17. The summed E-state index contributed by atoms with van der Waals surface area (Å²) in [5.74, 6) is -0.101. The second-order valence-electron chi connectivity index (χ2n) is 5.50. The van der Waals surface area contributed by atoms with Gasteiger partial charge in [-0.05, 0) is 39.8 Å². The first kappa shape index (κ1) is 15.4. The Morgan fingerprint density at radius 3 is 2.84 bits per heavy atom. The molecule has 0 spiro atoms. The minimum Gasteiger partial charge on any atom is -0.348 e. The number of carbonyl (C=O) groups excluding carboxylic acids is 1. The molecule has 25 heavy (non-hydrogen) atoms. The fourth-order valence-electron chi connectivity index (χ4n) is 2.56. The van der Waals surface area contributed by atoms with Crippen LogP contribution in [0.25, 0.3) is 10.2 Å². The summed E-state index contributed by atoms with van der Waals surface area (Å²) in [6.07, 6.45) is 1.56. The Hall–Kier alpha value is -3.13. The molecule has 8 heteroatoms. The van der Waals surface area contributed by atoms with E-state index in [2.05, 4.69) is 25.8 Å². The van der Waals surface area contributed by atoms with Crippen molar-refractivity contribution >= 4 is 27.5 Å². The van der Waals surface area contributed by atoms with Crippen molar-refractivity contribution in [2.45, 2.75) is 13.1 Å². The van der Waals surface area contributed by atoms with Gasteiger partial charge in [-0.15, -0.1) is 16.4 Å². The molecule has 4 rings (SSSR count). The molecule has 0 aliphatic carbocycles. The standard InChI is InChI=1S/C17H14N6OS/c24-17(18-8-14-2-1-3-15-16(14)25-11-19-15)13-6-4-12(5-7-13)9-23-10-20-21-22-23/h1-7,10-11H,8-9H2,(H,18,24). The lowest BCUT2D eigenvalue weighted by molar-refractivity contribution is 0.0951. The first-order valence-corrected chi connectivity index (χ1v) is 8.56. The third kappa shape index (κ3) is 3.38. The fourth-order valence-corrected chi connectivity index (χ4v) is 3.37. The number of benzene rings is 2. The van der Waals surface area contributed by atoms with E-state index < -0.39 is 0 Å². The van der Waals surface area contributed by atoms with E-state index in [1.165, 1.54) is 0 Å². The SMILES string of the molecule is O=C(NCc1cccc2ncsc12)c1ccc(Cn2cnnn2)cc1. The van der Waals surface area contributed by atoms with Crippen LogP contribution in [-0.4, -0.2) is 31.1 Å². The number of carbonyl (C=O) groups is 1. The number of nitrogens with one attached hydrogen (secondary N) is 1. The Bertz CT molecular complexity index is 994. The van der Waals surface area contributed by atoms with Crippen LogP contribution in [0.3, 0.4) is 0 Å². The van der Waals surface area contributed by atoms with Gasteiger partial charge in [0.1, 0.15) is 6.33 Å².